The number of sulfonamides is 1. The van der Waals surface area contributed by atoms with Gasteiger partial charge in [0.2, 0.25) is 10.0 Å². The fraction of sp³-hybridized carbons (Fsp3) is 0.462. The molecule has 2 fully saturated rings. The van der Waals surface area contributed by atoms with Gasteiger partial charge in [-0.3, -0.25) is 4.90 Å². The molecular weight excluding hydrogens is 452 g/mol. The van der Waals surface area contributed by atoms with E-state index in [4.69, 9.17) is 9.47 Å². The van der Waals surface area contributed by atoms with E-state index in [2.05, 4.69) is 16.7 Å². The Bertz CT molecular complexity index is 1140. The zero-order valence-electron chi connectivity index (χ0n) is 19.7. The Labute approximate surface area is 202 Å². The Morgan fingerprint density at radius 2 is 1.85 bits per heavy atom. The van der Waals surface area contributed by atoms with Gasteiger partial charge < -0.3 is 14.6 Å². The van der Waals surface area contributed by atoms with Crippen molar-refractivity contribution in [3.8, 4) is 17.6 Å². The van der Waals surface area contributed by atoms with Crippen LogP contribution in [0.4, 0.5) is 0 Å². The summed E-state index contributed by atoms with van der Waals surface area (Å²) >= 11 is 0. The zero-order chi connectivity index (χ0) is 24.1. The molecule has 182 valence electrons. The number of hydrogen-bond donors (Lipinski definition) is 1. The van der Waals surface area contributed by atoms with Crippen molar-refractivity contribution in [2.45, 2.75) is 35.7 Å². The summed E-state index contributed by atoms with van der Waals surface area (Å²) in [5, 5.41) is 10.2. The summed E-state index contributed by atoms with van der Waals surface area (Å²) in [6.07, 6.45) is 1.67. The van der Waals surface area contributed by atoms with Gasteiger partial charge in [-0.1, -0.05) is 30.0 Å². The molecule has 2 aliphatic rings. The van der Waals surface area contributed by atoms with Crippen molar-refractivity contribution in [3.63, 3.8) is 0 Å². The lowest BCUT2D eigenvalue weighted by atomic mass is 9.74. The molecule has 7 nitrogen and oxygen atoms in total. The highest BCUT2D eigenvalue weighted by atomic mass is 32.2. The van der Waals surface area contributed by atoms with Crippen LogP contribution >= 0.6 is 0 Å². The van der Waals surface area contributed by atoms with Gasteiger partial charge in [-0.15, -0.1) is 0 Å². The van der Waals surface area contributed by atoms with E-state index in [-0.39, 0.29) is 29.5 Å². The van der Waals surface area contributed by atoms with Gasteiger partial charge >= 0.3 is 0 Å². The summed E-state index contributed by atoms with van der Waals surface area (Å²) in [6, 6.07) is 14.7. The minimum absolute atomic E-state index is 0.00302. The number of methoxy groups -OCH3 is 2. The van der Waals surface area contributed by atoms with E-state index in [1.54, 1.807) is 35.7 Å². The Morgan fingerprint density at radius 3 is 2.56 bits per heavy atom. The normalized spacial score (nSPS) is 23.6. The third kappa shape index (κ3) is 4.99. The lowest BCUT2D eigenvalue weighted by Gasteiger charge is -2.57. The maximum atomic E-state index is 13.5. The van der Waals surface area contributed by atoms with Crippen molar-refractivity contribution in [1.29, 1.82) is 0 Å². The van der Waals surface area contributed by atoms with Crippen molar-refractivity contribution in [2.75, 3.05) is 47.1 Å². The van der Waals surface area contributed by atoms with E-state index < -0.39 is 10.0 Å². The Morgan fingerprint density at radius 1 is 1.09 bits per heavy atom. The summed E-state index contributed by atoms with van der Waals surface area (Å²) in [7, 11) is -0.529. The first-order valence-corrected chi connectivity index (χ1v) is 13.0. The first kappa shape index (κ1) is 24.7. The van der Waals surface area contributed by atoms with Gasteiger partial charge in [-0.25, -0.2) is 8.42 Å². The molecule has 34 heavy (non-hydrogen) atoms. The fourth-order valence-electron chi connectivity index (χ4n) is 5.04. The van der Waals surface area contributed by atoms with E-state index in [1.807, 2.05) is 24.3 Å². The first-order chi connectivity index (χ1) is 16.5. The van der Waals surface area contributed by atoms with Crippen LogP contribution in [0.2, 0.25) is 0 Å². The second-order valence-electron chi connectivity index (χ2n) is 8.69. The SMILES string of the molecule is COCC#Cc1ccc([C@@H]2[C@H](CO)N3CCCCN(S(=O)(=O)c4cccc(OC)c4)C[C@@H]23)cc1. The second-order valence-corrected chi connectivity index (χ2v) is 10.6. The Balaban J connectivity index is 1.59. The molecular formula is C26H32N2O5S. The van der Waals surface area contributed by atoms with Crippen LogP contribution in [0.1, 0.15) is 29.9 Å². The molecule has 0 spiro atoms. The third-order valence-electron chi connectivity index (χ3n) is 6.76. The number of benzene rings is 2. The minimum Gasteiger partial charge on any atom is -0.497 e. The summed E-state index contributed by atoms with van der Waals surface area (Å²) in [4.78, 5) is 2.51. The van der Waals surface area contributed by atoms with E-state index >= 15 is 0 Å². The standard InChI is InChI=1S/C26H32N2O5S/c1-32-16-6-7-20-10-12-21(13-11-20)26-24-18-27(14-3-4-15-28(24)25(26)19-29)34(30,31)23-9-5-8-22(17-23)33-2/h5,8-13,17,24-26,29H,3-4,14-16,18-19H2,1-2H3/t24-,25-,26-/m0/s1. The number of ether oxygens (including phenoxy) is 2. The highest BCUT2D eigenvalue weighted by Crippen LogP contribution is 2.42. The van der Waals surface area contributed by atoms with Gasteiger partial charge in [-0.05, 0) is 49.2 Å². The third-order valence-corrected chi connectivity index (χ3v) is 8.62. The van der Waals surface area contributed by atoms with E-state index in [1.165, 1.54) is 7.11 Å². The average Bonchev–Trinajstić information content (AvgIpc) is 2.84. The van der Waals surface area contributed by atoms with E-state index in [0.29, 0.717) is 25.4 Å². The van der Waals surface area contributed by atoms with Crippen molar-refractivity contribution in [1.82, 2.24) is 9.21 Å². The van der Waals surface area contributed by atoms with Gasteiger partial charge in [0.25, 0.3) is 0 Å². The fourth-order valence-corrected chi connectivity index (χ4v) is 6.57. The predicted molar refractivity (Wildman–Crippen MR) is 130 cm³/mol. The molecule has 8 heteroatoms. The molecule has 4 rings (SSSR count). The van der Waals surface area contributed by atoms with Gasteiger partial charge in [-0.2, -0.15) is 4.31 Å². The molecule has 0 aliphatic carbocycles. The van der Waals surface area contributed by atoms with Crippen molar-refractivity contribution < 1.29 is 23.0 Å². The molecule has 0 radical (unpaired) electrons. The quantitative estimate of drug-likeness (QED) is 0.634. The van der Waals surface area contributed by atoms with Crippen LogP contribution in [-0.4, -0.2) is 81.9 Å². The summed E-state index contributed by atoms with van der Waals surface area (Å²) < 4.78 is 38.9. The molecule has 2 aromatic carbocycles. The molecule has 2 saturated heterocycles. The van der Waals surface area contributed by atoms with Crippen LogP contribution in [0.15, 0.2) is 53.4 Å². The molecule has 1 N–H and O–H groups in total. The van der Waals surface area contributed by atoms with Crippen molar-refractivity contribution >= 4 is 10.0 Å². The number of fused-ring (bicyclic) bond motifs is 1. The summed E-state index contributed by atoms with van der Waals surface area (Å²) in [6.45, 7) is 2.15. The van der Waals surface area contributed by atoms with Gasteiger partial charge in [0.05, 0.1) is 18.6 Å². The Hall–Kier alpha value is -2.41. The van der Waals surface area contributed by atoms with E-state index in [0.717, 1.165) is 30.5 Å². The monoisotopic (exact) mass is 484 g/mol. The maximum absolute atomic E-state index is 13.5. The largest absolute Gasteiger partial charge is 0.497 e. The van der Waals surface area contributed by atoms with Crippen LogP contribution in [0.5, 0.6) is 5.75 Å². The number of rotatable bonds is 6. The van der Waals surface area contributed by atoms with E-state index in [9.17, 15) is 13.5 Å². The lowest BCUT2D eigenvalue weighted by molar-refractivity contribution is -0.0553. The predicted octanol–water partition coefficient (Wildman–Crippen LogP) is 2.31. The number of aliphatic hydroxyl groups is 1. The smallest absolute Gasteiger partial charge is 0.243 e. The Kier molecular flexibility index (Phi) is 7.91. The van der Waals surface area contributed by atoms with Crippen LogP contribution in [0, 0.1) is 11.8 Å². The molecule has 0 unspecified atom stereocenters. The summed E-state index contributed by atoms with van der Waals surface area (Å²) in [5.74, 6) is 6.59. The maximum Gasteiger partial charge on any atom is 0.243 e. The van der Waals surface area contributed by atoms with Crippen LogP contribution < -0.4 is 4.74 Å². The highest BCUT2D eigenvalue weighted by Gasteiger charge is 2.50. The van der Waals surface area contributed by atoms with Gasteiger partial charge in [0.1, 0.15) is 12.4 Å². The number of aliphatic hydroxyl groups excluding tert-OH is 1. The minimum atomic E-state index is -3.67. The molecule has 0 aromatic heterocycles. The molecule has 0 bridgehead atoms. The highest BCUT2D eigenvalue weighted by molar-refractivity contribution is 7.89. The number of hydrogen-bond acceptors (Lipinski definition) is 6. The topological polar surface area (TPSA) is 79.3 Å². The molecule has 0 saturated carbocycles. The van der Waals surface area contributed by atoms with Crippen LogP contribution in [0.3, 0.4) is 0 Å². The van der Waals surface area contributed by atoms with Crippen molar-refractivity contribution in [3.05, 3.63) is 59.7 Å². The van der Waals surface area contributed by atoms with Crippen LogP contribution in [-0.2, 0) is 14.8 Å². The number of nitrogens with zero attached hydrogens (tertiary/aromatic N) is 2. The van der Waals surface area contributed by atoms with Gasteiger partial charge in [0, 0.05) is 49.8 Å². The summed E-state index contributed by atoms with van der Waals surface area (Å²) in [5.41, 5.74) is 1.99. The van der Waals surface area contributed by atoms with Gasteiger partial charge in [0.15, 0.2) is 0 Å². The first-order valence-electron chi connectivity index (χ1n) is 11.6. The zero-order valence-corrected chi connectivity index (χ0v) is 20.5. The molecule has 2 heterocycles. The molecule has 2 aliphatic heterocycles. The molecule has 2 aromatic rings. The lowest BCUT2D eigenvalue weighted by Crippen LogP contribution is -2.67. The molecule has 3 atom stereocenters. The average molecular weight is 485 g/mol. The second kappa shape index (κ2) is 10.9. The molecule has 0 amide bonds. The van der Waals surface area contributed by atoms with Crippen LogP contribution in [0.25, 0.3) is 0 Å². The van der Waals surface area contributed by atoms with Crippen molar-refractivity contribution in [2.24, 2.45) is 0 Å².